The third kappa shape index (κ3) is 3.67. The van der Waals surface area contributed by atoms with Gasteiger partial charge in [-0.2, -0.15) is 0 Å². The Morgan fingerprint density at radius 3 is 2.25 bits per heavy atom. The maximum absolute atomic E-state index is 4.43. The molecule has 0 aliphatic carbocycles. The van der Waals surface area contributed by atoms with Crippen molar-refractivity contribution in [1.29, 1.82) is 0 Å². The minimum atomic E-state index is 0.231. The molecule has 2 aromatic rings. The molecular weight excluding hydrogens is 244 g/mol. The van der Waals surface area contributed by atoms with Crippen LogP contribution in [0.25, 0.3) is 0 Å². The average molecular weight is 268 g/mol. The molecule has 1 N–H and O–H groups in total. The molecule has 0 spiro atoms. The SMILES string of the molecule is CCCNC(c1ccc(CC)cc1)c1ccc(C)nc1. The number of aromatic nitrogens is 1. The summed E-state index contributed by atoms with van der Waals surface area (Å²) in [7, 11) is 0. The van der Waals surface area contributed by atoms with E-state index in [-0.39, 0.29) is 6.04 Å². The lowest BCUT2D eigenvalue weighted by molar-refractivity contribution is 0.596. The molecule has 0 aliphatic rings. The molecule has 20 heavy (non-hydrogen) atoms. The molecule has 2 nitrogen and oxygen atoms in total. The lowest BCUT2D eigenvalue weighted by atomic mass is 9.98. The molecule has 1 unspecified atom stereocenters. The zero-order valence-corrected chi connectivity index (χ0v) is 12.7. The quantitative estimate of drug-likeness (QED) is 0.855. The van der Waals surface area contributed by atoms with Crippen molar-refractivity contribution >= 4 is 0 Å². The van der Waals surface area contributed by atoms with E-state index in [2.05, 4.69) is 60.5 Å². The van der Waals surface area contributed by atoms with Crippen molar-refractivity contribution in [2.45, 2.75) is 39.7 Å². The molecule has 1 aromatic carbocycles. The van der Waals surface area contributed by atoms with Crippen LogP contribution in [0.1, 0.15) is 48.7 Å². The van der Waals surface area contributed by atoms with Gasteiger partial charge in [-0.1, -0.05) is 44.2 Å². The summed E-state index contributed by atoms with van der Waals surface area (Å²) in [5.41, 5.74) is 4.98. The summed E-state index contributed by atoms with van der Waals surface area (Å²) in [4.78, 5) is 4.43. The Balaban J connectivity index is 2.27. The summed E-state index contributed by atoms with van der Waals surface area (Å²) in [6.07, 6.45) is 4.19. The predicted octanol–water partition coefficient (Wildman–Crippen LogP) is 4.04. The number of aryl methyl sites for hydroxylation is 2. The molecule has 2 rings (SSSR count). The van der Waals surface area contributed by atoms with Gasteiger partial charge in [-0.25, -0.2) is 0 Å². The molecule has 0 aliphatic heterocycles. The van der Waals surface area contributed by atoms with Crippen LogP contribution in [-0.2, 0) is 6.42 Å². The molecule has 1 aromatic heterocycles. The van der Waals surface area contributed by atoms with E-state index in [9.17, 15) is 0 Å². The van der Waals surface area contributed by atoms with Crippen molar-refractivity contribution in [2.24, 2.45) is 0 Å². The van der Waals surface area contributed by atoms with Crippen molar-refractivity contribution < 1.29 is 0 Å². The van der Waals surface area contributed by atoms with E-state index in [1.807, 2.05) is 13.1 Å². The first-order chi connectivity index (χ1) is 9.74. The van der Waals surface area contributed by atoms with E-state index in [0.29, 0.717) is 0 Å². The third-order valence-corrected chi connectivity index (χ3v) is 3.59. The molecule has 2 heteroatoms. The van der Waals surface area contributed by atoms with Crippen LogP contribution in [0.15, 0.2) is 42.6 Å². The molecule has 106 valence electrons. The number of benzene rings is 1. The lowest BCUT2D eigenvalue weighted by Gasteiger charge is -2.19. The van der Waals surface area contributed by atoms with E-state index in [0.717, 1.165) is 25.1 Å². The minimum Gasteiger partial charge on any atom is -0.306 e. The van der Waals surface area contributed by atoms with Gasteiger partial charge < -0.3 is 5.32 Å². The molecule has 0 radical (unpaired) electrons. The third-order valence-electron chi connectivity index (χ3n) is 3.59. The fourth-order valence-corrected chi connectivity index (χ4v) is 2.31. The number of hydrogen-bond acceptors (Lipinski definition) is 2. The summed E-state index contributed by atoms with van der Waals surface area (Å²) in [5, 5.41) is 3.62. The van der Waals surface area contributed by atoms with Crippen LogP contribution in [0, 0.1) is 6.92 Å². The Kier molecular flexibility index (Phi) is 5.31. The highest BCUT2D eigenvalue weighted by Crippen LogP contribution is 2.22. The maximum atomic E-state index is 4.43. The van der Waals surface area contributed by atoms with Crippen LogP contribution in [0.3, 0.4) is 0 Å². The fraction of sp³-hybridized carbons (Fsp3) is 0.389. The van der Waals surface area contributed by atoms with Crippen molar-refractivity contribution in [1.82, 2.24) is 10.3 Å². The van der Waals surface area contributed by atoms with Crippen molar-refractivity contribution in [3.05, 3.63) is 65.0 Å². The average Bonchev–Trinajstić information content (AvgIpc) is 2.50. The molecule has 0 saturated carbocycles. The van der Waals surface area contributed by atoms with Gasteiger partial charge in [-0.15, -0.1) is 0 Å². The van der Waals surface area contributed by atoms with Crippen molar-refractivity contribution in [2.75, 3.05) is 6.54 Å². The van der Waals surface area contributed by atoms with Crippen LogP contribution in [0.5, 0.6) is 0 Å². The Bertz CT molecular complexity index is 514. The van der Waals surface area contributed by atoms with Crippen molar-refractivity contribution in [3.8, 4) is 0 Å². The normalized spacial score (nSPS) is 12.3. The molecule has 0 fully saturated rings. The van der Waals surface area contributed by atoms with E-state index in [1.165, 1.54) is 16.7 Å². The van der Waals surface area contributed by atoms with Crippen molar-refractivity contribution in [3.63, 3.8) is 0 Å². The van der Waals surface area contributed by atoms with Gasteiger partial charge in [0.15, 0.2) is 0 Å². The number of pyridine rings is 1. The second-order valence-corrected chi connectivity index (χ2v) is 5.22. The number of nitrogens with zero attached hydrogens (tertiary/aromatic N) is 1. The number of hydrogen-bond donors (Lipinski definition) is 1. The number of rotatable bonds is 6. The molecular formula is C18H24N2. The van der Waals surface area contributed by atoms with Crippen LogP contribution in [0.2, 0.25) is 0 Å². The van der Waals surface area contributed by atoms with Gasteiger partial charge in [0.05, 0.1) is 6.04 Å². The predicted molar refractivity (Wildman–Crippen MR) is 84.9 cm³/mol. The Morgan fingerprint density at radius 1 is 1.00 bits per heavy atom. The van der Waals surface area contributed by atoms with E-state index >= 15 is 0 Å². The zero-order valence-electron chi connectivity index (χ0n) is 12.7. The molecule has 0 bridgehead atoms. The monoisotopic (exact) mass is 268 g/mol. The Hall–Kier alpha value is -1.67. The molecule has 1 atom stereocenters. The van der Waals surface area contributed by atoms with Gasteiger partial charge in [-0.05, 0) is 49.1 Å². The summed E-state index contributed by atoms with van der Waals surface area (Å²) >= 11 is 0. The van der Waals surface area contributed by atoms with Crippen LogP contribution in [0.4, 0.5) is 0 Å². The highest BCUT2D eigenvalue weighted by atomic mass is 14.9. The van der Waals surface area contributed by atoms with E-state index in [1.54, 1.807) is 0 Å². The van der Waals surface area contributed by atoms with E-state index in [4.69, 9.17) is 0 Å². The largest absolute Gasteiger partial charge is 0.306 e. The smallest absolute Gasteiger partial charge is 0.0591 e. The highest BCUT2D eigenvalue weighted by Gasteiger charge is 2.13. The Morgan fingerprint density at radius 2 is 1.70 bits per heavy atom. The van der Waals surface area contributed by atoms with Gasteiger partial charge in [0.1, 0.15) is 0 Å². The molecule has 0 amide bonds. The van der Waals surface area contributed by atoms with Gasteiger partial charge in [-0.3, -0.25) is 4.98 Å². The topological polar surface area (TPSA) is 24.9 Å². The maximum Gasteiger partial charge on any atom is 0.0591 e. The summed E-state index contributed by atoms with van der Waals surface area (Å²) in [5.74, 6) is 0. The number of nitrogens with one attached hydrogen (secondary N) is 1. The first kappa shape index (κ1) is 14.7. The lowest BCUT2D eigenvalue weighted by Crippen LogP contribution is -2.23. The van der Waals surface area contributed by atoms with Crippen LogP contribution >= 0.6 is 0 Å². The van der Waals surface area contributed by atoms with Gasteiger partial charge in [0.2, 0.25) is 0 Å². The first-order valence-corrected chi connectivity index (χ1v) is 7.49. The summed E-state index contributed by atoms with van der Waals surface area (Å²) < 4.78 is 0. The zero-order chi connectivity index (χ0) is 14.4. The summed E-state index contributed by atoms with van der Waals surface area (Å²) in [6.45, 7) is 7.41. The standard InChI is InChI=1S/C18H24N2/c1-4-12-19-18(17-9-6-14(3)20-13-17)16-10-7-15(5-2)8-11-16/h6-11,13,18-19H,4-5,12H2,1-3H3. The molecule has 0 saturated heterocycles. The van der Waals surface area contributed by atoms with Crippen LogP contribution in [-0.4, -0.2) is 11.5 Å². The Labute approximate surface area is 122 Å². The van der Waals surface area contributed by atoms with Gasteiger partial charge in [0.25, 0.3) is 0 Å². The van der Waals surface area contributed by atoms with Crippen LogP contribution < -0.4 is 5.32 Å². The van der Waals surface area contributed by atoms with Gasteiger partial charge >= 0.3 is 0 Å². The highest BCUT2D eigenvalue weighted by molar-refractivity contribution is 5.32. The van der Waals surface area contributed by atoms with Gasteiger partial charge in [0, 0.05) is 11.9 Å². The van der Waals surface area contributed by atoms with E-state index < -0.39 is 0 Å². The molecule has 1 heterocycles. The minimum absolute atomic E-state index is 0.231. The fourth-order valence-electron chi connectivity index (χ4n) is 2.31. The second-order valence-electron chi connectivity index (χ2n) is 5.22. The first-order valence-electron chi connectivity index (χ1n) is 7.49. The summed E-state index contributed by atoms with van der Waals surface area (Å²) in [6, 6.07) is 13.4. The second kappa shape index (κ2) is 7.20.